The van der Waals surface area contributed by atoms with E-state index in [2.05, 4.69) is 136 Å². The number of nitrogens with zero attached hydrogens (tertiary/aromatic N) is 2. The molecule has 3 rings (SSSR count). The Morgan fingerprint density at radius 1 is 0.607 bits per heavy atom. The first-order chi connectivity index (χ1) is 25.3. The molecule has 0 bridgehead atoms. The van der Waals surface area contributed by atoms with Crippen LogP contribution in [-0.2, 0) is 18.9 Å². The fraction of sp³-hybridized carbons (Fsp3) is 0.778. The normalized spacial score (nSPS) is 21.5. The van der Waals surface area contributed by atoms with Crippen LogP contribution in [0.15, 0.2) is 12.1 Å². The number of halogens is 1. The Hall–Kier alpha value is -2.25. The minimum absolute atomic E-state index is 0.140. The molecule has 0 radical (unpaired) electrons. The van der Waals surface area contributed by atoms with Crippen molar-refractivity contribution in [2.24, 2.45) is 5.41 Å². The van der Waals surface area contributed by atoms with Gasteiger partial charge in [-0.3, -0.25) is 9.80 Å². The van der Waals surface area contributed by atoms with E-state index >= 15 is 0 Å². The topological polar surface area (TPSA) is 112 Å². The van der Waals surface area contributed by atoms with Crippen molar-refractivity contribution in [3.05, 3.63) is 34.4 Å². The third kappa shape index (κ3) is 12.4. The third-order valence-electron chi connectivity index (χ3n) is 12.1. The Morgan fingerprint density at radius 3 is 1.16 bits per heavy atom. The molecule has 1 aromatic carbocycles. The predicted octanol–water partition coefficient (Wildman–Crippen LogP) is 10.2. The quantitative estimate of drug-likeness (QED) is 0.0821. The molecular weight excluding hydrogens is 823 g/mol. The number of hydrogen-bond acceptors (Lipinski definition) is 10. The highest BCUT2D eigenvalue weighted by Crippen LogP contribution is 2.40. The molecule has 0 aromatic heterocycles. The summed E-state index contributed by atoms with van der Waals surface area (Å²) in [6, 6.07) is 2.58. The fourth-order valence-corrected chi connectivity index (χ4v) is 9.11. The molecule has 10 nitrogen and oxygen atoms in total. The van der Waals surface area contributed by atoms with Crippen LogP contribution in [0.4, 0.5) is 0 Å². The maximum Gasteiger partial charge on any atom is 0.339 e. The number of alkyl halides is 1. The minimum atomic E-state index is -0.775. The van der Waals surface area contributed by atoms with E-state index in [-0.39, 0.29) is 53.2 Å². The van der Waals surface area contributed by atoms with Crippen LogP contribution >= 0.6 is 22.6 Å². The van der Waals surface area contributed by atoms with Crippen molar-refractivity contribution in [3.8, 4) is 0 Å². The summed E-state index contributed by atoms with van der Waals surface area (Å²) in [6.07, 6.45) is 2.66. The van der Waals surface area contributed by atoms with Gasteiger partial charge in [0.05, 0.1) is 22.3 Å². The summed E-state index contributed by atoms with van der Waals surface area (Å²) in [5, 5.41) is 0. The molecule has 2 fully saturated rings. The second kappa shape index (κ2) is 17.5. The summed E-state index contributed by atoms with van der Waals surface area (Å²) in [5.41, 5.74) is -1.87. The fourth-order valence-electron chi connectivity index (χ4n) is 8.62. The van der Waals surface area contributed by atoms with Crippen molar-refractivity contribution >= 4 is 46.5 Å². The van der Waals surface area contributed by atoms with Crippen LogP contribution in [0.5, 0.6) is 0 Å². The van der Waals surface area contributed by atoms with Crippen LogP contribution in [0.1, 0.15) is 197 Å². The van der Waals surface area contributed by atoms with Crippen LogP contribution in [0.25, 0.3) is 0 Å². The van der Waals surface area contributed by atoms with Crippen molar-refractivity contribution in [2.45, 2.75) is 205 Å². The van der Waals surface area contributed by atoms with Crippen LogP contribution in [-0.4, -0.2) is 97.8 Å². The zero-order valence-corrected chi connectivity index (χ0v) is 39.8. The van der Waals surface area contributed by atoms with Crippen molar-refractivity contribution in [1.82, 2.24) is 9.80 Å². The van der Waals surface area contributed by atoms with E-state index in [9.17, 15) is 19.2 Å². The van der Waals surface area contributed by atoms with E-state index < -0.39 is 48.3 Å². The van der Waals surface area contributed by atoms with Gasteiger partial charge in [-0.05, 0) is 113 Å². The monoisotopic (exact) mass is 896 g/mol. The van der Waals surface area contributed by atoms with Crippen molar-refractivity contribution in [1.29, 1.82) is 0 Å². The van der Waals surface area contributed by atoms with Crippen LogP contribution in [0.2, 0.25) is 0 Å². The maximum atomic E-state index is 14.5. The molecular formula is C45H73IN2O8. The van der Waals surface area contributed by atoms with Gasteiger partial charge in [-0.15, -0.1) is 0 Å². The molecule has 11 heteroatoms. The number of rotatable bonds is 13. The first-order valence-corrected chi connectivity index (χ1v) is 21.6. The van der Waals surface area contributed by atoms with E-state index in [1.54, 1.807) is 0 Å². The Balaban J connectivity index is 2.23. The second-order valence-electron chi connectivity index (χ2n) is 20.7. The summed E-state index contributed by atoms with van der Waals surface area (Å²) in [7, 11) is 4.14. The van der Waals surface area contributed by atoms with Gasteiger partial charge >= 0.3 is 23.9 Å². The van der Waals surface area contributed by atoms with Crippen molar-refractivity contribution in [3.63, 3.8) is 0 Å². The van der Waals surface area contributed by atoms with Crippen LogP contribution in [0, 0.1) is 5.41 Å². The summed E-state index contributed by atoms with van der Waals surface area (Å²) < 4.78 is 24.5. The van der Waals surface area contributed by atoms with Gasteiger partial charge in [0.1, 0.15) is 24.4 Å². The Morgan fingerprint density at radius 2 is 0.893 bits per heavy atom. The highest BCUT2D eigenvalue weighted by Gasteiger charge is 2.46. The SMILES string of the molecule is CCC(CC(C)(C)C)OC(=O)c1cc(C(=O)OC2CC(C)(C)N(C)C(C)(C)C2)c(C(=O)OC2CC(C)(C)N(C)C(C)(C)C2)cc1C(=O)OC(CC)CC(C)(C)I. The van der Waals surface area contributed by atoms with Crippen molar-refractivity contribution in [2.75, 3.05) is 14.1 Å². The molecule has 0 N–H and O–H groups in total. The maximum absolute atomic E-state index is 14.5. The van der Waals surface area contributed by atoms with E-state index in [1.165, 1.54) is 12.1 Å². The molecule has 0 spiro atoms. The van der Waals surface area contributed by atoms with Gasteiger partial charge in [0, 0.05) is 51.3 Å². The molecule has 2 atom stereocenters. The van der Waals surface area contributed by atoms with Gasteiger partial charge in [-0.1, -0.05) is 71.1 Å². The molecule has 2 saturated heterocycles. The van der Waals surface area contributed by atoms with Gasteiger partial charge in [0.15, 0.2) is 0 Å². The van der Waals surface area contributed by atoms with E-state index in [1.807, 2.05) is 13.8 Å². The molecule has 1 aromatic rings. The molecule has 0 saturated carbocycles. The molecule has 0 amide bonds. The Kier molecular flexibility index (Phi) is 15.1. The minimum Gasteiger partial charge on any atom is -0.459 e. The lowest BCUT2D eigenvalue weighted by atomic mass is 9.78. The molecule has 0 aliphatic carbocycles. The van der Waals surface area contributed by atoms with E-state index in [4.69, 9.17) is 18.9 Å². The predicted molar refractivity (Wildman–Crippen MR) is 231 cm³/mol. The number of carbonyl (C=O) groups is 4. The summed E-state index contributed by atoms with van der Waals surface area (Å²) >= 11 is 2.32. The van der Waals surface area contributed by atoms with Gasteiger partial charge in [0.25, 0.3) is 0 Å². The van der Waals surface area contributed by atoms with Crippen LogP contribution in [0.3, 0.4) is 0 Å². The zero-order chi connectivity index (χ0) is 43.0. The highest BCUT2D eigenvalue weighted by atomic mass is 127. The third-order valence-corrected chi connectivity index (χ3v) is 12.6. The summed E-state index contributed by atoms with van der Waals surface area (Å²) in [5.74, 6) is -3.08. The highest BCUT2D eigenvalue weighted by molar-refractivity contribution is 14.1. The van der Waals surface area contributed by atoms with E-state index in [0.29, 0.717) is 51.4 Å². The lowest BCUT2D eigenvalue weighted by Gasteiger charge is -2.53. The second-order valence-corrected chi connectivity index (χ2v) is 23.7. The van der Waals surface area contributed by atoms with Gasteiger partial charge < -0.3 is 18.9 Å². The standard InChI is InChI=1S/C45H73IN2O8/c1-18-28(22-40(3,4)5)53-36(49)32-20-34(38(51)55-30-24-42(8,9)47(16)43(10,11)25-30)35(21-33(32)37(50)54-29(19-2)23-41(6,7)46)39(52)56-31-26-44(12,13)48(17)45(14,15)27-31/h20-21,28-31H,18-19,22-27H2,1-17H3. The van der Waals surface area contributed by atoms with E-state index in [0.717, 1.165) is 0 Å². The zero-order valence-electron chi connectivity index (χ0n) is 37.7. The smallest absolute Gasteiger partial charge is 0.339 e. The number of ether oxygens (including phenoxy) is 4. The average molecular weight is 897 g/mol. The number of benzene rings is 1. The number of piperidine rings is 2. The lowest BCUT2D eigenvalue weighted by molar-refractivity contribution is -0.0752. The number of esters is 4. The lowest BCUT2D eigenvalue weighted by Crippen LogP contribution is -2.60. The molecule has 2 unspecified atom stereocenters. The first kappa shape index (κ1) is 48.1. The molecule has 2 heterocycles. The number of hydrogen-bond donors (Lipinski definition) is 0. The largest absolute Gasteiger partial charge is 0.459 e. The average Bonchev–Trinajstić information content (AvgIpc) is 3.02. The number of carbonyl (C=O) groups excluding carboxylic acids is 4. The van der Waals surface area contributed by atoms with Gasteiger partial charge in [0.2, 0.25) is 0 Å². The summed E-state index contributed by atoms with van der Waals surface area (Å²) in [6.45, 7) is 31.1. The van der Waals surface area contributed by atoms with Crippen LogP contribution < -0.4 is 0 Å². The molecule has 2 aliphatic rings. The Bertz CT molecular complexity index is 1450. The van der Waals surface area contributed by atoms with Gasteiger partial charge in [-0.2, -0.15) is 0 Å². The molecule has 318 valence electrons. The number of likely N-dealkylation sites (tertiary alicyclic amines) is 2. The molecule has 56 heavy (non-hydrogen) atoms. The summed E-state index contributed by atoms with van der Waals surface area (Å²) in [4.78, 5) is 62.0. The van der Waals surface area contributed by atoms with Gasteiger partial charge in [-0.25, -0.2) is 19.2 Å². The first-order valence-electron chi connectivity index (χ1n) is 20.5. The van der Waals surface area contributed by atoms with Crippen molar-refractivity contribution < 1.29 is 38.1 Å². The Labute approximate surface area is 352 Å². The molecule has 2 aliphatic heterocycles.